The molecule has 0 aliphatic heterocycles. The molecule has 0 aliphatic carbocycles. The van der Waals surface area contributed by atoms with Crippen LogP contribution in [0.5, 0.6) is 0 Å². The molecule has 0 heterocycles. The van der Waals surface area contributed by atoms with E-state index < -0.39 is 26.6 Å². The van der Waals surface area contributed by atoms with Crippen molar-refractivity contribution in [2.45, 2.75) is 4.90 Å². The number of halogens is 3. The molecule has 0 amide bonds. The third kappa shape index (κ3) is 2.23. The third-order valence-corrected chi connectivity index (χ3v) is 2.73. The Labute approximate surface area is 81.3 Å². The van der Waals surface area contributed by atoms with Gasteiger partial charge in [0.2, 0.25) is 0 Å². The Morgan fingerprint density at radius 3 is 2.23 bits per heavy atom. The average Bonchev–Trinajstić information content (AvgIpc) is 1.94. The molecule has 1 aromatic carbocycles. The van der Waals surface area contributed by atoms with Gasteiger partial charge in [0.25, 0.3) is 10.1 Å². The Bertz CT molecular complexity index is 443. The van der Waals surface area contributed by atoms with Crippen LogP contribution < -0.4 is 0 Å². The number of benzene rings is 1. The molecule has 0 saturated heterocycles. The minimum Gasteiger partial charge on any atom is -0.282 e. The predicted molar refractivity (Wildman–Crippen MR) is 43.9 cm³/mol. The molecule has 1 N–H and O–H groups in total. The van der Waals surface area contributed by atoms with E-state index in [9.17, 15) is 17.2 Å². The smallest absolute Gasteiger partial charge is 0.282 e. The number of hydrogen-bond acceptors (Lipinski definition) is 2. The highest BCUT2D eigenvalue weighted by molar-refractivity contribution is 9.10. The van der Waals surface area contributed by atoms with E-state index in [4.69, 9.17) is 4.55 Å². The zero-order chi connectivity index (χ0) is 10.2. The van der Waals surface area contributed by atoms with Crippen molar-refractivity contribution >= 4 is 26.0 Å². The molecule has 13 heavy (non-hydrogen) atoms. The van der Waals surface area contributed by atoms with E-state index in [0.717, 1.165) is 0 Å². The van der Waals surface area contributed by atoms with Crippen molar-refractivity contribution in [3.63, 3.8) is 0 Å². The second kappa shape index (κ2) is 3.32. The van der Waals surface area contributed by atoms with E-state index in [1.807, 2.05) is 0 Å². The zero-order valence-corrected chi connectivity index (χ0v) is 8.36. The lowest BCUT2D eigenvalue weighted by molar-refractivity contribution is 0.470. The van der Waals surface area contributed by atoms with Crippen molar-refractivity contribution < 1.29 is 21.8 Å². The zero-order valence-electron chi connectivity index (χ0n) is 5.96. The van der Waals surface area contributed by atoms with Gasteiger partial charge in [0, 0.05) is 0 Å². The van der Waals surface area contributed by atoms with Crippen molar-refractivity contribution in [2.24, 2.45) is 0 Å². The standard InChI is InChI=1S/C6H3BrF2O3S/c7-3-1-5(9)6(2-4(3)8)13(10,11)12/h1-2H,(H,10,11,12). The molecule has 0 atom stereocenters. The van der Waals surface area contributed by atoms with Crippen LogP contribution in [-0.2, 0) is 10.1 Å². The van der Waals surface area contributed by atoms with Crippen LogP contribution in [-0.4, -0.2) is 13.0 Å². The SMILES string of the molecule is O=S(=O)(O)c1cc(F)c(Br)cc1F. The number of hydrogen-bond donors (Lipinski definition) is 1. The van der Waals surface area contributed by atoms with Crippen LogP contribution in [0.2, 0.25) is 0 Å². The molecule has 0 unspecified atom stereocenters. The van der Waals surface area contributed by atoms with Crippen LogP contribution in [0.25, 0.3) is 0 Å². The van der Waals surface area contributed by atoms with Gasteiger partial charge in [0.15, 0.2) is 0 Å². The van der Waals surface area contributed by atoms with Gasteiger partial charge in [-0.1, -0.05) is 0 Å². The van der Waals surface area contributed by atoms with Gasteiger partial charge >= 0.3 is 0 Å². The Balaban J connectivity index is 3.50. The second-order valence-electron chi connectivity index (χ2n) is 2.17. The van der Waals surface area contributed by atoms with Gasteiger partial charge in [-0.2, -0.15) is 8.42 Å². The number of rotatable bonds is 1. The molecule has 0 aromatic heterocycles. The van der Waals surface area contributed by atoms with Crippen LogP contribution in [0.3, 0.4) is 0 Å². The first kappa shape index (κ1) is 10.6. The van der Waals surface area contributed by atoms with Crippen molar-refractivity contribution in [2.75, 3.05) is 0 Å². The van der Waals surface area contributed by atoms with Crippen LogP contribution in [0.15, 0.2) is 21.5 Å². The molecule has 7 heteroatoms. The lowest BCUT2D eigenvalue weighted by Crippen LogP contribution is -2.02. The van der Waals surface area contributed by atoms with Gasteiger partial charge in [0.1, 0.15) is 16.5 Å². The largest absolute Gasteiger partial charge is 0.297 e. The minimum absolute atomic E-state index is 0.211. The Kier molecular flexibility index (Phi) is 2.69. The fourth-order valence-electron chi connectivity index (χ4n) is 0.702. The third-order valence-electron chi connectivity index (χ3n) is 1.25. The van der Waals surface area contributed by atoms with E-state index in [-0.39, 0.29) is 4.47 Å². The normalized spacial score (nSPS) is 11.7. The summed E-state index contributed by atoms with van der Waals surface area (Å²) in [5.41, 5.74) is 0. The fourth-order valence-corrected chi connectivity index (χ4v) is 1.58. The van der Waals surface area contributed by atoms with E-state index in [2.05, 4.69) is 15.9 Å². The first-order valence-electron chi connectivity index (χ1n) is 2.94. The summed E-state index contributed by atoms with van der Waals surface area (Å²) in [4.78, 5) is -1.08. The van der Waals surface area contributed by atoms with Crippen LogP contribution in [0, 0.1) is 11.6 Å². The lowest BCUT2D eigenvalue weighted by atomic mass is 10.3. The Hall–Kier alpha value is -0.530. The van der Waals surface area contributed by atoms with Crippen molar-refractivity contribution in [3.8, 4) is 0 Å². The molecule has 72 valence electrons. The maximum absolute atomic E-state index is 12.8. The van der Waals surface area contributed by atoms with Crippen molar-refractivity contribution in [1.82, 2.24) is 0 Å². The molecule has 0 fully saturated rings. The van der Waals surface area contributed by atoms with E-state index in [1.165, 1.54) is 0 Å². The summed E-state index contributed by atoms with van der Waals surface area (Å²) in [6.07, 6.45) is 0. The van der Waals surface area contributed by atoms with Crippen LogP contribution >= 0.6 is 15.9 Å². The predicted octanol–water partition coefficient (Wildman–Crippen LogP) is 1.97. The average molecular weight is 273 g/mol. The van der Waals surface area contributed by atoms with E-state index in [0.29, 0.717) is 12.1 Å². The molecule has 0 spiro atoms. The summed E-state index contributed by atoms with van der Waals surface area (Å²) >= 11 is 2.66. The molecule has 0 aliphatic rings. The van der Waals surface area contributed by atoms with Gasteiger partial charge in [-0.15, -0.1) is 0 Å². The Morgan fingerprint density at radius 2 is 1.77 bits per heavy atom. The van der Waals surface area contributed by atoms with Gasteiger partial charge in [-0.3, -0.25) is 4.55 Å². The van der Waals surface area contributed by atoms with Crippen molar-refractivity contribution in [1.29, 1.82) is 0 Å². The van der Waals surface area contributed by atoms with Crippen molar-refractivity contribution in [3.05, 3.63) is 28.2 Å². The monoisotopic (exact) mass is 272 g/mol. The highest BCUT2D eigenvalue weighted by Crippen LogP contribution is 2.22. The molecule has 0 radical (unpaired) electrons. The molecule has 1 rings (SSSR count). The molecule has 3 nitrogen and oxygen atoms in total. The summed E-state index contributed by atoms with van der Waals surface area (Å²) in [5.74, 6) is -2.18. The molecular weight excluding hydrogens is 270 g/mol. The van der Waals surface area contributed by atoms with Crippen LogP contribution in [0.1, 0.15) is 0 Å². The maximum atomic E-state index is 12.8. The molecule has 1 aromatic rings. The summed E-state index contributed by atoms with van der Waals surface area (Å²) < 4.78 is 54.6. The highest BCUT2D eigenvalue weighted by Gasteiger charge is 2.18. The summed E-state index contributed by atoms with van der Waals surface area (Å²) in [6.45, 7) is 0. The Morgan fingerprint density at radius 1 is 1.23 bits per heavy atom. The molecular formula is C6H3BrF2O3S. The molecule has 0 bridgehead atoms. The summed E-state index contributed by atoms with van der Waals surface area (Å²) in [5, 5.41) is 0. The van der Waals surface area contributed by atoms with Gasteiger partial charge in [-0.05, 0) is 28.1 Å². The molecule has 0 saturated carbocycles. The van der Waals surface area contributed by atoms with E-state index in [1.54, 1.807) is 0 Å². The second-order valence-corrected chi connectivity index (χ2v) is 4.42. The van der Waals surface area contributed by atoms with Crippen LogP contribution in [0.4, 0.5) is 8.78 Å². The lowest BCUT2D eigenvalue weighted by Gasteiger charge is -2.00. The minimum atomic E-state index is -4.71. The highest BCUT2D eigenvalue weighted by atomic mass is 79.9. The first-order valence-corrected chi connectivity index (χ1v) is 5.17. The quantitative estimate of drug-likeness (QED) is 0.628. The summed E-state index contributed by atoms with van der Waals surface area (Å²) in [7, 11) is -4.71. The van der Waals surface area contributed by atoms with Gasteiger partial charge in [0.05, 0.1) is 4.47 Å². The van der Waals surface area contributed by atoms with Gasteiger partial charge in [-0.25, -0.2) is 8.78 Å². The maximum Gasteiger partial charge on any atom is 0.297 e. The summed E-state index contributed by atoms with van der Waals surface area (Å²) in [6, 6.07) is 1.02. The van der Waals surface area contributed by atoms with Gasteiger partial charge < -0.3 is 0 Å². The topological polar surface area (TPSA) is 54.4 Å². The first-order chi connectivity index (χ1) is 5.82. The van der Waals surface area contributed by atoms with E-state index >= 15 is 0 Å². The fraction of sp³-hybridized carbons (Fsp3) is 0.